The molecule has 1 unspecified atom stereocenters. The van der Waals surface area contributed by atoms with Crippen LogP contribution in [-0.4, -0.2) is 40.0 Å². The third kappa shape index (κ3) is 2.90. The van der Waals surface area contributed by atoms with Gasteiger partial charge in [-0.05, 0) is 18.8 Å². The van der Waals surface area contributed by atoms with Crippen LogP contribution in [0.1, 0.15) is 36.7 Å². The van der Waals surface area contributed by atoms with Crippen molar-refractivity contribution in [1.82, 2.24) is 14.5 Å². The lowest BCUT2D eigenvalue weighted by Crippen LogP contribution is -2.39. The van der Waals surface area contributed by atoms with Crippen LogP contribution >= 0.6 is 0 Å². The van der Waals surface area contributed by atoms with E-state index in [1.807, 2.05) is 9.47 Å². The third-order valence-corrected chi connectivity index (χ3v) is 3.62. The highest BCUT2D eigenvalue weighted by Crippen LogP contribution is 2.20. The Bertz CT molecular complexity index is 401. The second-order valence-electron chi connectivity index (χ2n) is 4.95. The number of piperidine rings is 1. The van der Waals surface area contributed by atoms with E-state index in [4.69, 9.17) is 5.73 Å². The molecule has 1 aromatic heterocycles. The zero-order valence-electron chi connectivity index (χ0n) is 11.0. The quantitative estimate of drug-likeness (QED) is 0.870. The van der Waals surface area contributed by atoms with E-state index in [9.17, 15) is 4.79 Å². The molecule has 0 bridgehead atoms. The number of rotatable bonds is 4. The molecular weight excluding hydrogens is 228 g/mol. The fraction of sp³-hybridized carbons (Fsp3) is 0.692. The Morgan fingerprint density at radius 1 is 1.61 bits per heavy atom. The molecule has 0 aliphatic carbocycles. The van der Waals surface area contributed by atoms with Crippen molar-refractivity contribution in [1.29, 1.82) is 0 Å². The number of nitrogens with two attached hydrogens (primary N) is 1. The van der Waals surface area contributed by atoms with Crippen molar-refractivity contribution >= 4 is 5.91 Å². The summed E-state index contributed by atoms with van der Waals surface area (Å²) in [4.78, 5) is 18.4. The van der Waals surface area contributed by atoms with E-state index in [1.54, 1.807) is 12.5 Å². The van der Waals surface area contributed by atoms with Gasteiger partial charge in [-0.2, -0.15) is 0 Å². The Morgan fingerprint density at radius 2 is 2.44 bits per heavy atom. The van der Waals surface area contributed by atoms with E-state index in [0.29, 0.717) is 24.7 Å². The first-order chi connectivity index (χ1) is 8.74. The van der Waals surface area contributed by atoms with E-state index < -0.39 is 0 Å². The third-order valence-electron chi connectivity index (χ3n) is 3.62. The second kappa shape index (κ2) is 6.00. The molecule has 1 fully saturated rings. The molecule has 0 spiro atoms. The van der Waals surface area contributed by atoms with Crippen molar-refractivity contribution in [2.75, 3.05) is 19.6 Å². The number of carbonyl (C=O) groups is 1. The lowest BCUT2D eigenvalue weighted by atomic mass is 9.95. The number of imidazole rings is 1. The van der Waals surface area contributed by atoms with Gasteiger partial charge in [0, 0.05) is 32.4 Å². The van der Waals surface area contributed by atoms with Gasteiger partial charge in [-0.15, -0.1) is 0 Å². The molecule has 5 heteroatoms. The van der Waals surface area contributed by atoms with Crippen molar-refractivity contribution < 1.29 is 4.79 Å². The minimum atomic E-state index is 0.0592. The van der Waals surface area contributed by atoms with E-state index in [1.165, 1.54) is 6.42 Å². The monoisotopic (exact) mass is 250 g/mol. The molecule has 5 nitrogen and oxygen atoms in total. The fourth-order valence-corrected chi connectivity index (χ4v) is 2.49. The van der Waals surface area contributed by atoms with Gasteiger partial charge in [0.15, 0.2) is 0 Å². The van der Waals surface area contributed by atoms with Gasteiger partial charge in [0.05, 0.1) is 6.33 Å². The summed E-state index contributed by atoms with van der Waals surface area (Å²) < 4.78 is 1.87. The maximum absolute atomic E-state index is 12.3. The highest BCUT2D eigenvalue weighted by Gasteiger charge is 2.24. The Kier molecular flexibility index (Phi) is 4.36. The summed E-state index contributed by atoms with van der Waals surface area (Å²) in [5, 5.41) is 0. The predicted octanol–water partition coefficient (Wildman–Crippen LogP) is 1.10. The van der Waals surface area contributed by atoms with Gasteiger partial charge in [0.2, 0.25) is 0 Å². The molecule has 100 valence electrons. The fourth-order valence-electron chi connectivity index (χ4n) is 2.49. The predicted molar refractivity (Wildman–Crippen MR) is 70.2 cm³/mol. The van der Waals surface area contributed by atoms with Crippen LogP contribution in [0, 0.1) is 5.92 Å². The smallest absolute Gasteiger partial charge is 0.274 e. The van der Waals surface area contributed by atoms with Gasteiger partial charge in [-0.3, -0.25) is 4.79 Å². The zero-order valence-corrected chi connectivity index (χ0v) is 11.0. The first-order valence-corrected chi connectivity index (χ1v) is 6.75. The summed E-state index contributed by atoms with van der Waals surface area (Å²) >= 11 is 0. The van der Waals surface area contributed by atoms with Crippen molar-refractivity contribution in [3.8, 4) is 0 Å². The number of carbonyl (C=O) groups excluding carboxylic acids is 1. The molecule has 1 aromatic rings. The molecule has 18 heavy (non-hydrogen) atoms. The van der Waals surface area contributed by atoms with Gasteiger partial charge >= 0.3 is 0 Å². The molecule has 2 rings (SSSR count). The van der Waals surface area contributed by atoms with Gasteiger partial charge in [-0.1, -0.05) is 13.3 Å². The van der Waals surface area contributed by atoms with Gasteiger partial charge < -0.3 is 15.2 Å². The minimum absolute atomic E-state index is 0.0592. The minimum Gasteiger partial charge on any atom is -0.337 e. The first-order valence-electron chi connectivity index (χ1n) is 6.75. The number of amides is 1. The van der Waals surface area contributed by atoms with Crippen LogP contribution in [0.4, 0.5) is 0 Å². The van der Waals surface area contributed by atoms with Gasteiger partial charge in [-0.25, -0.2) is 4.98 Å². The number of aromatic nitrogens is 2. The second-order valence-corrected chi connectivity index (χ2v) is 4.95. The number of likely N-dealkylation sites (tertiary alicyclic amines) is 1. The molecule has 1 atom stereocenters. The van der Waals surface area contributed by atoms with Crippen molar-refractivity contribution in [2.45, 2.75) is 32.7 Å². The standard InChI is InChI=1S/C13H22N4O/c1-2-11-4-3-6-17(8-11)13(18)12-9-16(7-5-14)10-15-12/h9-11H,2-8,14H2,1H3. The van der Waals surface area contributed by atoms with Crippen molar-refractivity contribution in [3.05, 3.63) is 18.2 Å². The molecule has 0 aromatic carbocycles. The van der Waals surface area contributed by atoms with Crippen LogP contribution in [0.5, 0.6) is 0 Å². The Hall–Kier alpha value is -1.36. The molecule has 1 aliphatic heterocycles. The summed E-state index contributed by atoms with van der Waals surface area (Å²) in [6, 6.07) is 0. The van der Waals surface area contributed by atoms with Crippen molar-refractivity contribution in [3.63, 3.8) is 0 Å². The van der Waals surface area contributed by atoms with Gasteiger partial charge in [0.25, 0.3) is 5.91 Å². The van der Waals surface area contributed by atoms with E-state index in [0.717, 1.165) is 25.9 Å². The molecule has 2 heterocycles. The molecule has 2 N–H and O–H groups in total. The summed E-state index contributed by atoms with van der Waals surface area (Å²) in [6.45, 7) is 5.19. The molecular formula is C13H22N4O. The molecule has 1 amide bonds. The number of hydrogen-bond acceptors (Lipinski definition) is 3. The highest BCUT2D eigenvalue weighted by atomic mass is 16.2. The molecule has 0 radical (unpaired) electrons. The number of hydrogen-bond donors (Lipinski definition) is 1. The summed E-state index contributed by atoms with van der Waals surface area (Å²) in [7, 11) is 0. The maximum atomic E-state index is 12.3. The normalized spacial score (nSPS) is 20.1. The SMILES string of the molecule is CCC1CCCN(C(=O)c2cn(CCN)cn2)C1. The Labute approximate surface area is 108 Å². The number of nitrogens with zero attached hydrogens (tertiary/aromatic N) is 3. The lowest BCUT2D eigenvalue weighted by molar-refractivity contribution is 0.0665. The average molecular weight is 250 g/mol. The molecule has 1 saturated heterocycles. The van der Waals surface area contributed by atoms with Crippen LogP contribution in [0.3, 0.4) is 0 Å². The Morgan fingerprint density at radius 3 is 3.17 bits per heavy atom. The van der Waals surface area contributed by atoms with Crippen LogP contribution in [0.2, 0.25) is 0 Å². The zero-order chi connectivity index (χ0) is 13.0. The van der Waals surface area contributed by atoms with Crippen LogP contribution in [0.25, 0.3) is 0 Å². The van der Waals surface area contributed by atoms with E-state index in [-0.39, 0.29) is 5.91 Å². The van der Waals surface area contributed by atoms with Gasteiger partial charge in [0.1, 0.15) is 5.69 Å². The molecule has 1 aliphatic rings. The summed E-state index contributed by atoms with van der Waals surface area (Å²) in [5.41, 5.74) is 6.02. The summed E-state index contributed by atoms with van der Waals surface area (Å²) in [6.07, 6.45) is 6.97. The average Bonchev–Trinajstić information content (AvgIpc) is 2.87. The van der Waals surface area contributed by atoms with E-state index >= 15 is 0 Å². The van der Waals surface area contributed by atoms with Crippen LogP contribution in [0.15, 0.2) is 12.5 Å². The Balaban J connectivity index is 2.00. The topological polar surface area (TPSA) is 64.2 Å². The summed E-state index contributed by atoms with van der Waals surface area (Å²) in [5.74, 6) is 0.706. The highest BCUT2D eigenvalue weighted by molar-refractivity contribution is 5.92. The lowest BCUT2D eigenvalue weighted by Gasteiger charge is -2.31. The van der Waals surface area contributed by atoms with Crippen LogP contribution < -0.4 is 5.73 Å². The van der Waals surface area contributed by atoms with Crippen molar-refractivity contribution in [2.24, 2.45) is 11.7 Å². The molecule has 0 saturated carbocycles. The largest absolute Gasteiger partial charge is 0.337 e. The van der Waals surface area contributed by atoms with E-state index in [2.05, 4.69) is 11.9 Å². The first kappa shape index (κ1) is 13.1. The van der Waals surface area contributed by atoms with Crippen LogP contribution in [-0.2, 0) is 6.54 Å². The maximum Gasteiger partial charge on any atom is 0.274 e.